The molecule has 112 valence electrons. The number of benzene rings is 1. The average molecular weight is 321 g/mol. The van der Waals surface area contributed by atoms with E-state index >= 15 is 0 Å². The maximum Gasteiger partial charge on any atom is 0.292 e. The number of rotatable bonds is 6. The van der Waals surface area contributed by atoms with Crippen molar-refractivity contribution >= 4 is 28.3 Å². The zero-order valence-corrected chi connectivity index (χ0v) is 13.6. The predicted octanol–water partition coefficient (Wildman–Crippen LogP) is 3.10. The van der Waals surface area contributed by atoms with Crippen LogP contribution >= 0.6 is 23.1 Å². The Morgan fingerprint density at radius 3 is 2.48 bits per heavy atom. The number of hydrogen-bond acceptors (Lipinski definition) is 5. The molecule has 0 aliphatic heterocycles. The molecule has 0 aliphatic carbocycles. The minimum atomic E-state index is -0.190. The van der Waals surface area contributed by atoms with Crippen molar-refractivity contribution in [2.45, 2.75) is 26.2 Å². The van der Waals surface area contributed by atoms with Crippen molar-refractivity contribution in [1.82, 2.24) is 10.4 Å². The first-order chi connectivity index (χ1) is 10.2. The van der Waals surface area contributed by atoms with Gasteiger partial charge in [0, 0.05) is 11.1 Å². The SMILES string of the molecule is Cc1nc(CCc2ccc(CCSC(=O)NN)cc2)cs1. The Morgan fingerprint density at radius 2 is 1.90 bits per heavy atom. The number of nitrogens with two attached hydrogens (primary N) is 1. The first-order valence-corrected chi connectivity index (χ1v) is 8.66. The van der Waals surface area contributed by atoms with E-state index in [1.165, 1.54) is 28.6 Å². The van der Waals surface area contributed by atoms with Gasteiger partial charge in [0.1, 0.15) is 0 Å². The largest absolute Gasteiger partial charge is 0.292 e. The lowest BCUT2D eigenvalue weighted by molar-refractivity contribution is 0.261. The van der Waals surface area contributed by atoms with Crippen LogP contribution in [0.15, 0.2) is 29.6 Å². The Labute approximate surface area is 133 Å². The molecular formula is C15H19N3OS2. The summed E-state index contributed by atoms with van der Waals surface area (Å²) in [5.74, 6) is 5.77. The minimum absolute atomic E-state index is 0.190. The van der Waals surface area contributed by atoms with Gasteiger partial charge in [0.25, 0.3) is 5.24 Å². The topological polar surface area (TPSA) is 68.0 Å². The van der Waals surface area contributed by atoms with E-state index in [2.05, 4.69) is 40.1 Å². The monoisotopic (exact) mass is 321 g/mol. The number of thiazole rings is 1. The number of aromatic nitrogens is 1. The van der Waals surface area contributed by atoms with Crippen LogP contribution in [-0.4, -0.2) is 16.0 Å². The summed E-state index contributed by atoms with van der Waals surface area (Å²) >= 11 is 2.90. The molecule has 1 heterocycles. The summed E-state index contributed by atoms with van der Waals surface area (Å²) in [6.45, 7) is 2.03. The molecule has 0 atom stereocenters. The number of carbonyl (C=O) groups excluding carboxylic acids is 1. The van der Waals surface area contributed by atoms with Gasteiger partial charge in [-0.05, 0) is 37.3 Å². The fourth-order valence-corrected chi connectivity index (χ4v) is 3.22. The summed E-state index contributed by atoms with van der Waals surface area (Å²) < 4.78 is 0. The van der Waals surface area contributed by atoms with Gasteiger partial charge in [-0.15, -0.1) is 11.3 Å². The fraction of sp³-hybridized carbons (Fsp3) is 0.333. The number of nitrogens with one attached hydrogen (secondary N) is 1. The van der Waals surface area contributed by atoms with Crippen LogP contribution in [0.4, 0.5) is 4.79 Å². The highest BCUT2D eigenvalue weighted by molar-refractivity contribution is 8.13. The van der Waals surface area contributed by atoms with Crippen molar-refractivity contribution in [1.29, 1.82) is 0 Å². The Bertz CT molecular complexity index is 581. The van der Waals surface area contributed by atoms with E-state index in [0.717, 1.165) is 30.0 Å². The molecule has 0 unspecified atom stereocenters. The van der Waals surface area contributed by atoms with Crippen molar-refractivity contribution in [2.75, 3.05) is 5.75 Å². The van der Waals surface area contributed by atoms with Gasteiger partial charge in [-0.25, -0.2) is 10.8 Å². The summed E-state index contributed by atoms with van der Waals surface area (Å²) in [5.41, 5.74) is 5.84. The fourth-order valence-electron chi connectivity index (χ4n) is 1.97. The van der Waals surface area contributed by atoms with Crippen LogP contribution in [0, 0.1) is 6.92 Å². The summed E-state index contributed by atoms with van der Waals surface area (Å²) in [6.07, 6.45) is 2.85. The lowest BCUT2D eigenvalue weighted by Crippen LogP contribution is -2.26. The number of aryl methyl sites for hydroxylation is 4. The van der Waals surface area contributed by atoms with Crippen LogP contribution in [0.2, 0.25) is 0 Å². The Hall–Kier alpha value is -1.37. The molecule has 1 aromatic heterocycles. The molecule has 0 fully saturated rings. The zero-order valence-electron chi connectivity index (χ0n) is 12.0. The molecular weight excluding hydrogens is 302 g/mol. The molecule has 3 N–H and O–H groups in total. The second kappa shape index (κ2) is 8.17. The van der Waals surface area contributed by atoms with Gasteiger partial charge in [-0.2, -0.15) is 0 Å². The highest BCUT2D eigenvalue weighted by Gasteiger charge is 2.02. The van der Waals surface area contributed by atoms with Gasteiger partial charge in [0.05, 0.1) is 10.7 Å². The summed E-state index contributed by atoms with van der Waals surface area (Å²) in [6, 6.07) is 8.57. The third kappa shape index (κ3) is 5.49. The highest BCUT2D eigenvalue weighted by Crippen LogP contribution is 2.13. The van der Waals surface area contributed by atoms with Crippen LogP contribution < -0.4 is 11.3 Å². The first-order valence-electron chi connectivity index (χ1n) is 6.79. The Balaban J connectivity index is 1.77. The minimum Gasteiger partial charge on any atom is -0.285 e. The number of nitrogens with zero attached hydrogens (tertiary/aromatic N) is 1. The summed E-state index contributed by atoms with van der Waals surface area (Å²) in [7, 11) is 0. The van der Waals surface area contributed by atoms with Crippen LogP contribution in [-0.2, 0) is 19.3 Å². The average Bonchev–Trinajstić information content (AvgIpc) is 2.92. The number of hydrogen-bond donors (Lipinski definition) is 2. The molecule has 0 aliphatic rings. The van der Waals surface area contributed by atoms with Crippen LogP contribution in [0.5, 0.6) is 0 Å². The maximum absolute atomic E-state index is 11.0. The van der Waals surface area contributed by atoms with Gasteiger partial charge >= 0.3 is 0 Å². The zero-order chi connectivity index (χ0) is 15.1. The van der Waals surface area contributed by atoms with Crippen molar-refractivity contribution < 1.29 is 4.79 Å². The number of carbonyl (C=O) groups is 1. The third-order valence-electron chi connectivity index (χ3n) is 3.10. The summed E-state index contributed by atoms with van der Waals surface area (Å²) in [5, 5.41) is 3.06. The molecule has 1 amide bonds. The molecule has 0 radical (unpaired) electrons. The Morgan fingerprint density at radius 1 is 1.24 bits per heavy atom. The summed E-state index contributed by atoms with van der Waals surface area (Å²) in [4.78, 5) is 15.5. The standard InChI is InChI=1S/C15H19N3OS2/c1-11-17-14(10-21-11)7-6-12-2-4-13(5-3-12)8-9-20-15(19)18-16/h2-5,10H,6-9,16H2,1H3,(H,18,19). The number of hydrazine groups is 1. The second-order valence-corrected chi connectivity index (χ2v) is 6.83. The van der Waals surface area contributed by atoms with Crippen LogP contribution in [0.25, 0.3) is 0 Å². The second-order valence-electron chi connectivity index (χ2n) is 4.70. The van der Waals surface area contributed by atoms with Crippen molar-refractivity contribution in [3.63, 3.8) is 0 Å². The van der Waals surface area contributed by atoms with E-state index in [-0.39, 0.29) is 5.24 Å². The van der Waals surface area contributed by atoms with Crippen LogP contribution in [0.3, 0.4) is 0 Å². The van der Waals surface area contributed by atoms with Gasteiger partial charge in [-0.1, -0.05) is 36.0 Å². The lowest BCUT2D eigenvalue weighted by Gasteiger charge is -2.04. The molecule has 4 nitrogen and oxygen atoms in total. The smallest absolute Gasteiger partial charge is 0.285 e. The van der Waals surface area contributed by atoms with Crippen LogP contribution in [0.1, 0.15) is 21.8 Å². The molecule has 0 spiro atoms. The first kappa shape index (κ1) is 16.0. The maximum atomic E-state index is 11.0. The molecule has 6 heteroatoms. The molecule has 2 rings (SSSR count). The number of amides is 1. The molecule has 21 heavy (non-hydrogen) atoms. The predicted molar refractivity (Wildman–Crippen MR) is 89.6 cm³/mol. The van der Waals surface area contributed by atoms with E-state index in [9.17, 15) is 4.79 Å². The molecule has 0 saturated carbocycles. The van der Waals surface area contributed by atoms with Gasteiger partial charge < -0.3 is 0 Å². The lowest BCUT2D eigenvalue weighted by atomic mass is 10.1. The molecule has 1 aromatic carbocycles. The van der Waals surface area contributed by atoms with E-state index in [4.69, 9.17) is 5.84 Å². The van der Waals surface area contributed by atoms with Crippen molar-refractivity contribution in [3.05, 3.63) is 51.5 Å². The number of thioether (sulfide) groups is 1. The Kier molecular flexibility index (Phi) is 6.22. The molecule has 0 saturated heterocycles. The highest BCUT2D eigenvalue weighted by atomic mass is 32.2. The normalized spacial score (nSPS) is 10.6. The van der Waals surface area contributed by atoms with E-state index in [0.29, 0.717) is 0 Å². The van der Waals surface area contributed by atoms with Crippen molar-refractivity contribution in [3.8, 4) is 0 Å². The van der Waals surface area contributed by atoms with Crippen molar-refractivity contribution in [2.24, 2.45) is 5.84 Å². The van der Waals surface area contributed by atoms with Gasteiger partial charge in [0.15, 0.2) is 0 Å². The third-order valence-corrected chi connectivity index (χ3v) is 4.71. The van der Waals surface area contributed by atoms with E-state index < -0.39 is 0 Å². The quantitative estimate of drug-likeness (QED) is 0.487. The van der Waals surface area contributed by atoms with E-state index in [1.54, 1.807) is 11.3 Å². The van der Waals surface area contributed by atoms with Gasteiger partial charge in [-0.3, -0.25) is 10.2 Å². The molecule has 2 aromatic rings. The van der Waals surface area contributed by atoms with Gasteiger partial charge in [0.2, 0.25) is 0 Å². The molecule has 0 bridgehead atoms. The van der Waals surface area contributed by atoms with E-state index in [1.807, 2.05) is 6.92 Å².